The number of nitrogens with zero attached hydrogens (tertiary/aromatic N) is 5. The Morgan fingerprint density at radius 1 is 1.14 bits per heavy atom. The fourth-order valence-electron chi connectivity index (χ4n) is 5.13. The summed E-state index contributed by atoms with van der Waals surface area (Å²) in [5.41, 5.74) is 2.87. The molecule has 0 aromatic heterocycles. The Bertz CT molecular complexity index is 1170. The summed E-state index contributed by atoms with van der Waals surface area (Å²) in [6, 6.07) is 12.1. The van der Waals surface area contributed by atoms with Crippen LogP contribution in [0.5, 0.6) is 5.75 Å². The van der Waals surface area contributed by atoms with Gasteiger partial charge in [0.15, 0.2) is 0 Å². The number of phenols is 1. The van der Waals surface area contributed by atoms with Gasteiger partial charge in [0, 0.05) is 32.2 Å². The van der Waals surface area contributed by atoms with Crippen LogP contribution in [0.25, 0.3) is 0 Å². The molecular weight excluding hydrogens is 489 g/mol. The molecule has 9 nitrogen and oxygen atoms in total. The Balaban J connectivity index is 1.73. The summed E-state index contributed by atoms with van der Waals surface area (Å²) in [5, 5.41) is 13.9. The number of carbonyl (C=O) groups excluding carboxylic acids is 3. The van der Waals surface area contributed by atoms with Gasteiger partial charge in [0.05, 0.1) is 19.1 Å². The minimum atomic E-state index is -0.770. The fraction of sp³-hybridized carbons (Fsp3) is 0.444. The van der Waals surface area contributed by atoms with Gasteiger partial charge in [-0.2, -0.15) is 0 Å². The van der Waals surface area contributed by atoms with Gasteiger partial charge >= 0.3 is 0 Å². The van der Waals surface area contributed by atoms with Crippen LogP contribution in [0.2, 0.25) is 0 Å². The lowest BCUT2D eigenvalue weighted by Crippen LogP contribution is -2.74. The standard InChI is InChI=1S/C27H36N5O4P/c1-17(2)29(5)22-13-20(8-11-24(22)37)18(3)30-14-25-31(16-33)28(4)15-26(35)32(25)23(27(30)36)12-19-6-9-21(34)10-7-19/h6-11,13,16-18,23,25,34H,12,14-15,37H2,1-5H3/t18?,23-,25?/m0/s1. The molecule has 198 valence electrons. The molecule has 3 unspecified atom stereocenters. The normalized spacial score (nSPS) is 21.3. The molecule has 10 heteroatoms. The Kier molecular flexibility index (Phi) is 7.76. The van der Waals surface area contributed by atoms with Crippen LogP contribution in [-0.2, 0) is 20.8 Å². The highest BCUT2D eigenvalue weighted by Gasteiger charge is 2.50. The molecule has 2 aliphatic heterocycles. The quantitative estimate of drug-likeness (QED) is 0.438. The van der Waals surface area contributed by atoms with Gasteiger partial charge in [-0.15, -0.1) is 9.24 Å². The van der Waals surface area contributed by atoms with E-state index < -0.39 is 12.2 Å². The van der Waals surface area contributed by atoms with Crippen LogP contribution < -0.4 is 10.2 Å². The summed E-state index contributed by atoms with van der Waals surface area (Å²) in [6.45, 7) is 6.47. The molecule has 1 N–H and O–H groups in total. The molecule has 0 saturated carbocycles. The lowest BCUT2D eigenvalue weighted by Gasteiger charge is -2.54. The molecular formula is C27H36N5O4P. The third-order valence-electron chi connectivity index (χ3n) is 7.57. The van der Waals surface area contributed by atoms with E-state index in [4.69, 9.17) is 0 Å². The average molecular weight is 526 g/mol. The molecule has 4 atom stereocenters. The number of hydrogen-bond donors (Lipinski definition) is 1. The molecule has 2 fully saturated rings. The van der Waals surface area contributed by atoms with Gasteiger partial charge in [0.2, 0.25) is 18.2 Å². The Morgan fingerprint density at radius 2 is 1.81 bits per heavy atom. The van der Waals surface area contributed by atoms with E-state index in [1.165, 1.54) is 5.01 Å². The van der Waals surface area contributed by atoms with Crippen LogP contribution >= 0.6 is 9.24 Å². The van der Waals surface area contributed by atoms with Gasteiger partial charge in [-0.3, -0.25) is 19.4 Å². The number of hydrazine groups is 1. The summed E-state index contributed by atoms with van der Waals surface area (Å²) in [4.78, 5) is 44.9. The van der Waals surface area contributed by atoms with Crippen molar-refractivity contribution in [3.8, 4) is 5.75 Å². The minimum absolute atomic E-state index is 0.0185. The molecule has 0 radical (unpaired) electrons. The van der Waals surface area contributed by atoms with Gasteiger partial charge in [0.25, 0.3) is 0 Å². The number of likely N-dealkylation sites (N-methyl/N-ethyl adjacent to an activating group) is 1. The van der Waals surface area contributed by atoms with Crippen molar-refractivity contribution in [1.82, 2.24) is 19.8 Å². The van der Waals surface area contributed by atoms with Crippen LogP contribution in [0.15, 0.2) is 42.5 Å². The lowest BCUT2D eigenvalue weighted by atomic mass is 9.96. The first-order chi connectivity index (χ1) is 17.5. The number of benzene rings is 2. The molecule has 2 heterocycles. The summed E-state index contributed by atoms with van der Waals surface area (Å²) in [7, 11) is 6.52. The fourth-order valence-corrected chi connectivity index (χ4v) is 5.52. The molecule has 2 saturated heterocycles. The predicted molar refractivity (Wildman–Crippen MR) is 146 cm³/mol. The van der Waals surface area contributed by atoms with Crippen LogP contribution in [0, 0.1) is 0 Å². The number of amides is 3. The van der Waals surface area contributed by atoms with Crippen LogP contribution in [0.1, 0.15) is 37.9 Å². The van der Waals surface area contributed by atoms with Gasteiger partial charge in [-0.1, -0.05) is 24.3 Å². The number of hydrogen-bond acceptors (Lipinski definition) is 6. The van der Waals surface area contributed by atoms with Crippen LogP contribution in [-0.4, -0.2) is 88.6 Å². The van der Waals surface area contributed by atoms with Crippen molar-refractivity contribution in [2.45, 2.75) is 51.5 Å². The highest BCUT2D eigenvalue weighted by molar-refractivity contribution is 7.28. The molecule has 2 aliphatic rings. The topological polar surface area (TPSA) is 87.6 Å². The smallest absolute Gasteiger partial charge is 0.246 e. The summed E-state index contributed by atoms with van der Waals surface area (Å²) in [5.74, 6) is -0.216. The maximum absolute atomic E-state index is 14.0. The zero-order valence-corrected chi connectivity index (χ0v) is 23.2. The number of aromatic hydroxyl groups is 1. The minimum Gasteiger partial charge on any atom is -0.508 e. The van der Waals surface area contributed by atoms with Crippen molar-refractivity contribution in [2.24, 2.45) is 0 Å². The van der Waals surface area contributed by atoms with Crippen molar-refractivity contribution < 1.29 is 19.5 Å². The molecule has 37 heavy (non-hydrogen) atoms. The zero-order chi connectivity index (χ0) is 27.0. The highest BCUT2D eigenvalue weighted by atomic mass is 31.0. The number of phenolic OH excluding ortho intramolecular Hbond substituents is 1. The van der Waals surface area contributed by atoms with E-state index in [9.17, 15) is 19.5 Å². The van der Waals surface area contributed by atoms with Crippen molar-refractivity contribution in [3.05, 3.63) is 53.6 Å². The van der Waals surface area contributed by atoms with Crippen LogP contribution in [0.4, 0.5) is 5.69 Å². The maximum atomic E-state index is 14.0. The summed E-state index contributed by atoms with van der Waals surface area (Å²) < 4.78 is 0. The summed E-state index contributed by atoms with van der Waals surface area (Å²) in [6.07, 6.45) is 0.399. The van der Waals surface area contributed by atoms with Crippen LogP contribution in [0.3, 0.4) is 0 Å². The number of rotatable bonds is 7. The largest absolute Gasteiger partial charge is 0.508 e. The second kappa shape index (κ2) is 10.7. The number of piperazine rings is 1. The van der Waals surface area contributed by atoms with Gasteiger partial charge < -0.3 is 19.8 Å². The third-order valence-corrected chi connectivity index (χ3v) is 8.06. The molecule has 0 bridgehead atoms. The molecule has 2 aromatic rings. The van der Waals surface area contributed by atoms with E-state index in [-0.39, 0.29) is 43.1 Å². The zero-order valence-electron chi connectivity index (χ0n) is 22.0. The van der Waals surface area contributed by atoms with Crippen molar-refractivity contribution in [1.29, 1.82) is 0 Å². The monoisotopic (exact) mass is 525 g/mol. The van der Waals surface area contributed by atoms with E-state index in [1.54, 1.807) is 46.1 Å². The van der Waals surface area contributed by atoms with E-state index in [0.29, 0.717) is 6.04 Å². The number of fused-ring (bicyclic) bond motifs is 1. The van der Waals surface area contributed by atoms with Gasteiger partial charge in [0.1, 0.15) is 18.0 Å². The first kappa shape index (κ1) is 26.9. The number of carbonyl (C=O) groups is 3. The van der Waals surface area contributed by atoms with Crippen molar-refractivity contribution in [2.75, 3.05) is 32.1 Å². The van der Waals surface area contributed by atoms with Crippen molar-refractivity contribution in [3.63, 3.8) is 0 Å². The average Bonchev–Trinajstić information content (AvgIpc) is 2.86. The molecule has 4 rings (SSSR count). The Hall–Kier alpha value is -3.16. The Labute approximate surface area is 220 Å². The van der Waals surface area contributed by atoms with Gasteiger partial charge in [-0.25, -0.2) is 5.01 Å². The molecule has 3 amide bonds. The maximum Gasteiger partial charge on any atom is 0.246 e. The first-order valence-electron chi connectivity index (χ1n) is 12.5. The molecule has 2 aromatic carbocycles. The second-order valence-corrected chi connectivity index (χ2v) is 10.8. The summed E-state index contributed by atoms with van der Waals surface area (Å²) >= 11 is 0. The highest BCUT2D eigenvalue weighted by Crippen LogP contribution is 2.33. The SMILES string of the molecule is CC(c1ccc(P)c(N(C)C(C)C)c1)N1CC2N(C(=O)CN(C)N2C=O)[C@@H](Cc2ccc(O)cc2)C1=O. The van der Waals surface area contributed by atoms with E-state index in [1.807, 2.05) is 26.1 Å². The Morgan fingerprint density at radius 3 is 2.43 bits per heavy atom. The third kappa shape index (κ3) is 5.15. The van der Waals surface area contributed by atoms with E-state index in [0.717, 1.165) is 28.5 Å². The first-order valence-corrected chi connectivity index (χ1v) is 13.1. The van der Waals surface area contributed by atoms with Gasteiger partial charge in [-0.05, 0) is 55.4 Å². The number of anilines is 1. The molecule has 0 aliphatic carbocycles. The molecule has 0 spiro atoms. The lowest BCUT2D eigenvalue weighted by molar-refractivity contribution is -0.198. The van der Waals surface area contributed by atoms with Crippen molar-refractivity contribution >= 4 is 38.5 Å². The van der Waals surface area contributed by atoms with E-state index >= 15 is 0 Å². The second-order valence-electron chi connectivity index (χ2n) is 10.2. The van der Waals surface area contributed by atoms with E-state index in [2.05, 4.69) is 34.1 Å². The predicted octanol–water partition coefficient (Wildman–Crippen LogP) is 1.73.